The Balaban J connectivity index is 2.94. The summed E-state index contributed by atoms with van der Waals surface area (Å²) in [6.07, 6.45) is 1.97. The lowest BCUT2D eigenvalue weighted by atomic mass is 10.0. The maximum absolute atomic E-state index is 13.0. The van der Waals surface area contributed by atoms with Gasteiger partial charge < -0.3 is 32.5 Å². The number of hydrogen-bond acceptors (Lipinski definition) is 8. The molecular formula is C22H33N5O6S2. The van der Waals surface area contributed by atoms with Crippen LogP contribution in [0.25, 0.3) is 0 Å². The van der Waals surface area contributed by atoms with Crippen molar-refractivity contribution in [3.05, 3.63) is 35.9 Å². The van der Waals surface area contributed by atoms with E-state index in [9.17, 15) is 29.1 Å². The van der Waals surface area contributed by atoms with E-state index in [0.717, 1.165) is 5.56 Å². The monoisotopic (exact) mass is 527 g/mol. The number of benzene rings is 1. The molecule has 0 spiro atoms. The first-order valence-electron chi connectivity index (χ1n) is 10.9. The summed E-state index contributed by atoms with van der Waals surface area (Å²) >= 11 is 5.35. The SMILES string of the molecule is CSCCC(NC(=O)C(CCC(N)=O)NC(=O)C(N)Cc1ccccc1)C(=O)NC(CS)C(=O)O. The number of rotatable bonds is 16. The molecule has 194 valence electrons. The van der Waals surface area contributed by atoms with Crippen LogP contribution in [0, 0.1) is 0 Å². The highest BCUT2D eigenvalue weighted by Crippen LogP contribution is 2.07. The molecule has 0 aliphatic carbocycles. The van der Waals surface area contributed by atoms with Crippen LogP contribution in [0.3, 0.4) is 0 Å². The molecule has 8 N–H and O–H groups in total. The van der Waals surface area contributed by atoms with E-state index >= 15 is 0 Å². The number of aliphatic carboxylic acids is 1. The van der Waals surface area contributed by atoms with Crippen molar-refractivity contribution in [3.63, 3.8) is 0 Å². The lowest BCUT2D eigenvalue weighted by Crippen LogP contribution is -2.57. The highest BCUT2D eigenvalue weighted by molar-refractivity contribution is 7.98. The fourth-order valence-electron chi connectivity index (χ4n) is 3.03. The molecule has 0 bridgehead atoms. The predicted molar refractivity (Wildman–Crippen MR) is 137 cm³/mol. The van der Waals surface area contributed by atoms with Gasteiger partial charge in [0.25, 0.3) is 0 Å². The van der Waals surface area contributed by atoms with Crippen molar-refractivity contribution in [3.8, 4) is 0 Å². The topological polar surface area (TPSA) is 194 Å². The molecule has 0 fully saturated rings. The minimum absolute atomic E-state index is 0.101. The number of carbonyl (C=O) groups is 5. The van der Waals surface area contributed by atoms with E-state index in [1.807, 2.05) is 36.6 Å². The number of amides is 4. The molecule has 0 aromatic heterocycles. The van der Waals surface area contributed by atoms with Gasteiger partial charge in [0, 0.05) is 12.2 Å². The van der Waals surface area contributed by atoms with E-state index in [4.69, 9.17) is 11.5 Å². The van der Waals surface area contributed by atoms with Crippen LogP contribution in [0.1, 0.15) is 24.8 Å². The second-order valence-corrected chi connectivity index (χ2v) is 9.14. The molecule has 0 aliphatic rings. The highest BCUT2D eigenvalue weighted by Gasteiger charge is 2.30. The summed E-state index contributed by atoms with van der Waals surface area (Å²) in [7, 11) is 0. The number of thioether (sulfide) groups is 1. The largest absolute Gasteiger partial charge is 0.480 e. The minimum Gasteiger partial charge on any atom is -0.480 e. The summed E-state index contributed by atoms with van der Waals surface area (Å²) in [4.78, 5) is 60.9. The van der Waals surface area contributed by atoms with Crippen LogP contribution in [0.4, 0.5) is 0 Å². The quantitative estimate of drug-likeness (QED) is 0.134. The van der Waals surface area contributed by atoms with Gasteiger partial charge in [0.05, 0.1) is 6.04 Å². The predicted octanol–water partition coefficient (Wildman–Crippen LogP) is -0.956. The van der Waals surface area contributed by atoms with E-state index in [1.165, 1.54) is 11.8 Å². The Morgan fingerprint density at radius 1 is 0.943 bits per heavy atom. The van der Waals surface area contributed by atoms with E-state index in [2.05, 4.69) is 28.6 Å². The number of primary amides is 1. The van der Waals surface area contributed by atoms with E-state index in [-0.39, 0.29) is 31.4 Å². The summed E-state index contributed by atoms with van der Waals surface area (Å²) in [6, 6.07) is 4.64. The van der Waals surface area contributed by atoms with Gasteiger partial charge >= 0.3 is 5.97 Å². The van der Waals surface area contributed by atoms with Gasteiger partial charge in [-0.05, 0) is 36.8 Å². The smallest absolute Gasteiger partial charge is 0.327 e. The first-order chi connectivity index (χ1) is 16.6. The zero-order valence-corrected chi connectivity index (χ0v) is 21.1. The zero-order chi connectivity index (χ0) is 26.4. The Hall–Kier alpha value is -2.77. The fourth-order valence-corrected chi connectivity index (χ4v) is 3.75. The number of carbonyl (C=O) groups excluding carboxylic acids is 4. The summed E-state index contributed by atoms with van der Waals surface area (Å²) in [6.45, 7) is 0. The van der Waals surface area contributed by atoms with Crippen molar-refractivity contribution in [2.45, 2.75) is 49.9 Å². The first kappa shape index (κ1) is 30.3. The van der Waals surface area contributed by atoms with Crippen LogP contribution in [-0.4, -0.2) is 76.6 Å². The maximum atomic E-state index is 13.0. The molecule has 11 nitrogen and oxygen atoms in total. The average Bonchev–Trinajstić information content (AvgIpc) is 2.82. The van der Waals surface area contributed by atoms with Crippen molar-refractivity contribution in [2.75, 3.05) is 17.8 Å². The lowest BCUT2D eigenvalue weighted by molar-refractivity contribution is -0.141. The molecule has 4 amide bonds. The Labute approximate surface area is 213 Å². The van der Waals surface area contributed by atoms with Gasteiger partial charge in [-0.2, -0.15) is 24.4 Å². The molecule has 0 heterocycles. The molecule has 35 heavy (non-hydrogen) atoms. The Morgan fingerprint density at radius 2 is 1.49 bits per heavy atom. The van der Waals surface area contributed by atoms with Crippen LogP contribution < -0.4 is 27.4 Å². The molecule has 13 heteroatoms. The number of nitrogens with one attached hydrogen (secondary N) is 3. The lowest BCUT2D eigenvalue weighted by Gasteiger charge is -2.25. The molecular weight excluding hydrogens is 494 g/mol. The average molecular weight is 528 g/mol. The molecule has 4 atom stereocenters. The summed E-state index contributed by atoms with van der Waals surface area (Å²) in [5, 5.41) is 16.6. The number of carboxylic acids is 1. The summed E-state index contributed by atoms with van der Waals surface area (Å²) < 4.78 is 0. The van der Waals surface area contributed by atoms with Crippen LogP contribution in [0.15, 0.2) is 30.3 Å². The third kappa shape index (κ3) is 11.5. The standard InChI is InChI=1S/C22H33N5O6S2/c1-35-10-9-16(21(31)27-17(12-34)22(32)33)26-20(30)15(7-8-18(24)28)25-19(29)14(23)11-13-5-3-2-4-6-13/h2-6,14-17,34H,7-12,23H2,1H3,(H2,24,28)(H,25,29)(H,26,30)(H,27,31)(H,32,33). The molecule has 1 rings (SSSR count). The number of carboxylic acid groups (broad SMARTS) is 1. The first-order valence-corrected chi connectivity index (χ1v) is 12.9. The third-order valence-electron chi connectivity index (χ3n) is 4.99. The third-order valence-corrected chi connectivity index (χ3v) is 6.00. The number of nitrogens with two attached hydrogens (primary N) is 2. The number of hydrogen-bond donors (Lipinski definition) is 7. The number of thiol groups is 1. The van der Waals surface area contributed by atoms with Gasteiger partial charge in [-0.3, -0.25) is 19.2 Å². The van der Waals surface area contributed by atoms with Crippen LogP contribution in [0.2, 0.25) is 0 Å². The minimum atomic E-state index is -1.26. The molecule has 0 saturated carbocycles. The van der Waals surface area contributed by atoms with Crippen molar-refractivity contribution < 1.29 is 29.1 Å². The zero-order valence-electron chi connectivity index (χ0n) is 19.4. The Bertz CT molecular complexity index is 873. The van der Waals surface area contributed by atoms with Crippen molar-refractivity contribution in [2.24, 2.45) is 11.5 Å². The highest BCUT2D eigenvalue weighted by atomic mass is 32.2. The van der Waals surface area contributed by atoms with Crippen molar-refractivity contribution in [1.82, 2.24) is 16.0 Å². The maximum Gasteiger partial charge on any atom is 0.327 e. The van der Waals surface area contributed by atoms with E-state index < -0.39 is 53.8 Å². The second-order valence-electron chi connectivity index (χ2n) is 7.79. The van der Waals surface area contributed by atoms with Gasteiger partial charge in [-0.15, -0.1) is 0 Å². The Morgan fingerprint density at radius 3 is 2.00 bits per heavy atom. The van der Waals surface area contributed by atoms with Gasteiger partial charge in [-0.25, -0.2) is 4.79 Å². The van der Waals surface area contributed by atoms with Crippen molar-refractivity contribution >= 4 is 54.0 Å². The normalized spacial score (nSPS) is 14.1. The Kier molecular flexibility index (Phi) is 13.8. The molecule has 0 aliphatic heterocycles. The molecule has 0 radical (unpaired) electrons. The van der Waals surface area contributed by atoms with Crippen LogP contribution >= 0.6 is 24.4 Å². The molecule has 0 saturated heterocycles. The van der Waals surface area contributed by atoms with Gasteiger partial charge in [0.2, 0.25) is 23.6 Å². The van der Waals surface area contributed by atoms with E-state index in [1.54, 1.807) is 0 Å². The van der Waals surface area contributed by atoms with Crippen molar-refractivity contribution in [1.29, 1.82) is 0 Å². The van der Waals surface area contributed by atoms with Gasteiger partial charge in [0.15, 0.2) is 0 Å². The second kappa shape index (κ2) is 16.0. The summed E-state index contributed by atoms with van der Waals surface area (Å²) in [5.74, 6) is -3.59. The van der Waals surface area contributed by atoms with Crippen LogP contribution in [0.5, 0.6) is 0 Å². The van der Waals surface area contributed by atoms with Gasteiger partial charge in [0.1, 0.15) is 18.1 Å². The molecule has 4 unspecified atom stereocenters. The van der Waals surface area contributed by atoms with Gasteiger partial charge in [-0.1, -0.05) is 30.3 Å². The summed E-state index contributed by atoms with van der Waals surface area (Å²) in [5.41, 5.74) is 12.0. The fraction of sp³-hybridized carbons (Fsp3) is 0.500. The molecule has 1 aromatic carbocycles. The van der Waals surface area contributed by atoms with E-state index in [0.29, 0.717) is 5.75 Å². The van der Waals surface area contributed by atoms with Crippen LogP contribution in [-0.2, 0) is 30.4 Å². The molecule has 1 aromatic rings.